The molecule has 0 spiro atoms. The largest absolute Gasteiger partial charge is 0.391 e. The fourth-order valence-electron chi connectivity index (χ4n) is 2.09. The van der Waals surface area contributed by atoms with Crippen LogP contribution in [0.2, 0.25) is 5.02 Å². The first kappa shape index (κ1) is 11.4. The number of piperidine rings is 1. The number of benzene rings is 1. The molecule has 0 amide bonds. The molecule has 1 N–H and O–H groups in total. The Hall–Kier alpha value is -1.06. The van der Waals surface area contributed by atoms with Crippen molar-refractivity contribution < 1.29 is 9.90 Å². The zero-order valence-electron chi connectivity index (χ0n) is 8.90. The Balaban J connectivity index is 2.32. The zero-order chi connectivity index (χ0) is 11.5. The third kappa shape index (κ3) is 2.20. The molecule has 1 unspecified atom stereocenters. The molecule has 1 heterocycles. The summed E-state index contributed by atoms with van der Waals surface area (Å²) in [5.41, 5.74) is 1.33. The predicted octanol–water partition coefficient (Wildman–Crippen LogP) is 2.11. The highest BCUT2D eigenvalue weighted by atomic mass is 35.5. The van der Waals surface area contributed by atoms with E-state index in [0.717, 1.165) is 31.4 Å². The van der Waals surface area contributed by atoms with Gasteiger partial charge in [-0.1, -0.05) is 17.7 Å². The number of aliphatic hydroxyl groups excluding tert-OH is 1. The van der Waals surface area contributed by atoms with Gasteiger partial charge < -0.3 is 10.0 Å². The van der Waals surface area contributed by atoms with Crippen molar-refractivity contribution in [1.82, 2.24) is 0 Å². The van der Waals surface area contributed by atoms with Crippen LogP contribution in [-0.2, 0) is 0 Å². The van der Waals surface area contributed by atoms with Gasteiger partial charge >= 0.3 is 0 Å². The summed E-state index contributed by atoms with van der Waals surface area (Å²) in [5.74, 6) is 0. The fourth-order valence-corrected chi connectivity index (χ4v) is 2.31. The van der Waals surface area contributed by atoms with E-state index in [9.17, 15) is 9.90 Å². The first-order chi connectivity index (χ1) is 7.72. The maximum atomic E-state index is 11.0. The van der Waals surface area contributed by atoms with E-state index in [1.807, 2.05) is 17.0 Å². The van der Waals surface area contributed by atoms with E-state index < -0.39 is 0 Å². The molecule has 0 aromatic heterocycles. The van der Waals surface area contributed by atoms with Gasteiger partial charge in [0.25, 0.3) is 0 Å². The van der Waals surface area contributed by atoms with Gasteiger partial charge in [0, 0.05) is 18.8 Å². The van der Waals surface area contributed by atoms with Gasteiger partial charge in [0.2, 0.25) is 0 Å². The number of hydrogen-bond acceptors (Lipinski definition) is 3. The molecule has 4 heteroatoms. The number of aldehydes is 1. The van der Waals surface area contributed by atoms with Crippen molar-refractivity contribution in [2.75, 3.05) is 18.0 Å². The molecule has 86 valence electrons. The highest BCUT2D eigenvalue weighted by Crippen LogP contribution is 2.28. The first-order valence-corrected chi connectivity index (χ1v) is 5.77. The SMILES string of the molecule is O=Cc1c(Cl)cccc1N1CCCC(O)C1. The quantitative estimate of drug-likeness (QED) is 0.804. The molecule has 3 nitrogen and oxygen atoms in total. The molecule has 1 aromatic rings. The van der Waals surface area contributed by atoms with Gasteiger partial charge in [-0.2, -0.15) is 0 Å². The Bertz CT molecular complexity index is 395. The van der Waals surface area contributed by atoms with Crippen molar-refractivity contribution in [1.29, 1.82) is 0 Å². The smallest absolute Gasteiger partial charge is 0.153 e. The average molecular weight is 240 g/mol. The van der Waals surface area contributed by atoms with Gasteiger partial charge in [-0.25, -0.2) is 0 Å². The van der Waals surface area contributed by atoms with E-state index in [2.05, 4.69) is 0 Å². The number of nitrogens with zero attached hydrogens (tertiary/aromatic N) is 1. The van der Waals surface area contributed by atoms with E-state index in [-0.39, 0.29) is 6.10 Å². The Labute approximate surface area is 99.6 Å². The zero-order valence-corrected chi connectivity index (χ0v) is 9.65. The molecular weight excluding hydrogens is 226 g/mol. The van der Waals surface area contributed by atoms with Crippen LogP contribution in [0.4, 0.5) is 5.69 Å². The van der Waals surface area contributed by atoms with Crippen molar-refractivity contribution >= 4 is 23.6 Å². The van der Waals surface area contributed by atoms with E-state index in [4.69, 9.17) is 11.6 Å². The molecule has 1 aromatic carbocycles. The molecule has 1 aliphatic heterocycles. The van der Waals surface area contributed by atoms with Gasteiger partial charge in [0.15, 0.2) is 6.29 Å². The van der Waals surface area contributed by atoms with Crippen LogP contribution in [0.1, 0.15) is 23.2 Å². The number of carbonyl (C=O) groups excluding carboxylic acids is 1. The maximum absolute atomic E-state index is 11.0. The molecule has 1 aliphatic rings. The minimum atomic E-state index is -0.313. The van der Waals surface area contributed by atoms with Crippen LogP contribution < -0.4 is 4.90 Å². The Kier molecular flexibility index (Phi) is 3.46. The molecule has 1 saturated heterocycles. The number of carbonyl (C=O) groups is 1. The summed E-state index contributed by atoms with van der Waals surface area (Å²) in [6.07, 6.45) is 2.23. The van der Waals surface area contributed by atoms with E-state index >= 15 is 0 Å². The Morgan fingerprint density at radius 2 is 2.31 bits per heavy atom. The summed E-state index contributed by atoms with van der Waals surface area (Å²) >= 11 is 5.96. The highest BCUT2D eigenvalue weighted by Gasteiger charge is 2.20. The molecule has 2 rings (SSSR count). The topological polar surface area (TPSA) is 40.5 Å². The predicted molar refractivity (Wildman–Crippen MR) is 64.3 cm³/mol. The molecule has 16 heavy (non-hydrogen) atoms. The highest BCUT2D eigenvalue weighted by molar-refractivity contribution is 6.33. The number of hydrogen-bond donors (Lipinski definition) is 1. The monoisotopic (exact) mass is 239 g/mol. The number of β-amino-alcohol motifs (C(OH)–C–C–N with tert-alkyl or cyclic N) is 1. The van der Waals surface area contributed by atoms with Crippen molar-refractivity contribution in [2.24, 2.45) is 0 Å². The lowest BCUT2D eigenvalue weighted by Gasteiger charge is -2.32. The van der Waals surface area contributed by atoms with E-state index in [1.54, 1.807) is 6.07 Å². The van der Waals surface area contributed by atoms with Gasteiger partial charge in [-0.3, -0.25) is 4.79 Å². The van der Waals surface area contributed by atoms with Crippen molar-refractivity contribution in [3.8, 4) is 0 Å². The van der Waals surface area contributed by atoms with Gasteiger partial charge in [-0.15, -0.1) is 0 Å². The van der Waals surface area contributed by atoms with E-state index in [1.165, 1.54) is 0 Å². The molecule has 0 radical (unpaired) electrons. The van der Waals surface area contributed by atoms with Crippen LogP contribution in [0.25, 0.3) is 0 Å². The lowest BCUT2D eigenvalue weighted by molar-refractivity contribution is 0.112. The standard InChI is InChI=1S/C12H14ClNO2/c13-11-4-1-5-12(10(11)8-15)14-6-2-3-9(16)7-14/h1,4-5,8-9,16H,2-3,6-7H2. The van der Waals surface area contributed by atoms with Crippen LogP contribution in [0, 0.1) is 0 Å². The van der Waals surface area contributed by atoms with Crippen molar-refractivity contribution in [2.45, 2.75) is 18.9 Å². The third-order valence-electron chi connectivity index (χ3n) is 2.88. The van der Waals surface area contributed by atoms with E-state index in [0.29, 0.717) is 17.1 Å². The molecule has 0 aliphatic carbocycles. The summed E-state index contributed by atoms with van der Waals surface area (Å²) in [5, 5.41) is 10.1. The fraction of sp³-hybridized carbons (Fsp3) is 0.417. The van der Waals surface area contributed by atoms with Crippen LogP contribution in [0.3, 0.4) is 0 Å². The molecular formula is C12H14ClNO2. The molecule has 1 fully saturated rings. The summed E-state index contributed by atoms with van der Waals surface area (Å²) in [4.78, 5) is 13.0. The summed E-state index contributed by atoms with van der Waals surface area (Å²) in [7, 11) is 0. The Morgan fingerprint density at radius 1 is 1.50 bits per heavy atom. The number of rotatable bonds is 2. The lowest BCUT2D eigenvalue weighted by atomic mass is 10.1. The molecule has 0 saturated carbocycles. The van der Waals surface area contributed by atoms with Crippen LogP contribution in [0.15, 0.2) is 18.2 Å². The number of aliphatic hydroxyl groups is 1. The van der Waals surface area contributed by atoms with Crippen LogP contribution >= 0.6 is 11.6 Å². The molecule has 1 atom stereocenters. The summed E-state index contributed by atoms with van der Waals surface area (Å²) < 4.78 is 0. The average Bonchev–Trinajstić information content (AvgIpc) is 2.28. The third-order valence-corrected chi connectivity index (χ3v) is 3.21. The second-order valence-corrected chi connectivity index (χ2v) is 4.44. The molecule has 0 bridgehead atoms. The normalized spacial score (nSPS) is 20.9. The number of anilines is 1. The minimum absolute atomic E-state index is 0.313. The van der Waals surface area contributed by atoms with Gasteiger partial charge in [0.1, 0.15) is 0 Å². The minimum Gasteiger partial charge on any atom is -0.391 e. The summed E-state index contributed by atoms with van der Waals surface area (Å²) in [6, 6.07) is 5.40. The number of halogens is 1. The lowest BCUT2D eigenvalue weighted by Crippen LogP contribution is -2.38. The second kappa shape index (κ2) is 4.85. The summed E-state index contributed by atoms with van der Waals surface area (Å²) in [6.45, 7) is 1.43. The van der Waals surface area contributed by atoms with Crippen molar-refractivity contribution in [3.05, 3.63) is 28.8 Å². The Morgan fingerprint density at radius 3 is 3.00 bits per heavy atom. The van der Waals surface area contributed by atoms with Crippen LogP contribution in [0.5, 0.6) is 0 Å². The van der Waals surface area contributed by atoms with Gasteiger partial charge in [0.05, 0.1) is 16.7 Å². The second-order valence-electron chi connectivity index (χ2n) is 4.03. The van der Waals surface area contributed by atoms with Crippen LogP contribution in [-0.4, -0.2) is 30.6 Å². The van der Waals surface area contributed by atoms with Gasteiger partial charge in [-0.05, 0) is 25.0 Å². The maximum Gasteiger partial charge on any atom is 0.153 e. The van der Waals surface area contributed by atoms with Crippen molar-refractivity contribution in [3.63, 3.8) is 0 Å². The first-order valence-electron chi connectivity index (χ1n) is 5.39.